The molecule has 2 rings (SSSR count). The predicted molar refractivity (Wildman–Crippen MR) is 98.8 cm³/mol. The van der Waals surface area contributed by atoms with Crippen molar-refractivity contribution < 1.29 is 9.47 Å². The van der Waals surface area contributed by atoms with E-state index in [4.69, 9.17) is 44.9 Å². The monoisotopic (exact) mass is 369 g/mol. The molecule has 23 heavy (non-hydrogen) atoms. The highest BCUT2D eigenvalue weighted by Gasteiger charge is 2.07. The Morgan fingerprint density at radius 1 is 1.13 bits per heavy atom. The lowest BCUT2D eigenvalue weighted by Gasteiger charge is -2.12. The molecule has 0 atom stereocenters. The summed E-state index contributed by atoms with van der Waals surface area (Å²) in [5.41, 5.74) is 1.65. The van der Waals surface area contributed by atoms with E-state index < -0.39 is 0 Å². The number of methoxy groups -OCH3 is 1. The van der Waals surface area contributed by atoms with Crippen molar-refractivity contribution in [2.45, 2.75) is 6.61 Å². The number of ether oxygens (including phenoxy) is 2. The van der Waals surface area contributed by atoms with Crippen LogP contribution in [-0.2, 0) is 11.3 Å². The van der Waals surface area contributed by atoms with E-state index in [-0.39, 0.29) is 0 Å². The Morgan fingerprint density at radius 3 is 2.52 bits per heavy atom. The van der Waals surface area contributed by atoms with Crippen molar-refractivity contribution in [1.82, 2.24) is 5.32 Å². The molecule has 0 aromatic heterocycles. The zero-order chi connectivity index (χ0) is 16.7. The Kier molecular flexibility index (Phi) is 7.12. The van der Waals surface area contributed by atoms with Gasteiger partial charge in [0.05, 0.1) is 6.61 Å². The highest BCUT2D eigenvalue weighted by Crippen LogP contribution is 2.26. The molecule has 0 spiro atoms. The molecule has 2 aromatic carbocycles. The Bertz CT molecular complexity index is 659. The topological polar surface area (TPSA) is 30.5 Å². The van der Waals surface area contributed by atoms with E-state index in [1.165, 1.54) is 0 Å². The van der Waals surface area contributed by atoms with E-state index in [2.05, 4.69) is 5.32 Å². The summed E-state index contributed by atoms with van der Waals surface area (Å²) in [6.07, 6.45) is 0. The standard InChI is InChI=1S/C17H17Cl2NO2S/c1-21-9-8-20-17(23)12-4-2-5-13(10-12)22-11-14-15(18)6-3-7-16(14)19/h2-7,10H,8-9,11H2,1H3,(H,20,23). The van der Waals surface area contributed by atoms with Crippen LogP contribution in [0.4, 0.5) is 0 Å². The van der Waals surface area contributed by atoms with E-state index in [1.54, 1.807) is 25.3 Å². The first-order chi connectivity index (χ1) is 11.1. The van der Waals surface area contributed by atoms with Crippen LogP contribution in [0.25, 0.3) is 0 Å². The zero-order valence-electron chi connectivity index (χ0n) is 12.6. The molecule has 0 unspecified atom stereocenters. The van der Waals surface area contributed by atoms with Gasteiger partial charge in [-0.1, -0.05) is 53.6 Å². The van der Waals surface area contributed by atoms with Gasteiger partial charge < -0.3 is 14.8 Å². The Morgan fingerprint density at radius 2 is 1.83 bits per heavy atom. The quantitative estimate of drug-likeness (QED) is 0.575. The van der Waals surface area contributed by atoms with Crippen molar-refractivity contribution in [3.63, 3.8) is 0 Å². The summed E-state index contributed by atoms with van der Waals surface area (Å²) in [7, 11) is 1.65. The van der Waals surface area contributed by atoms with E-state index in [9.17, 15) is 0 Å². The number of rotatable bonds is 7. The van der Waals surface area contributed by atoms with Gasteiger partial charge in [-0.15, -0.1) is 0 Å². The first kappa shape index (κ1) is 18.0. The zero-order valence-corrected chi connectivity index (χ0v) is 15.0. The van der Waals surface area contributed by atoms with Crippen molar-refractivity contribution in [2.24, 2.45) is 0 Å². The average Bonchev–Trinajstić information content (AvgIpc) is 2.55. The maximum Gasteiger partial charge on any atom is 0.120 e. The fourth-order valence-electron chi connectivity index (χ4n) is 1.92. The number of thiocarbonyl (C=S) groups is 1. The molecule has 0 heterocycles. The molecule has 0 saturated heterocycles. The van der Waals surface area contributed by atoms with Crippen molar-refractivity contribution in [2.75, 3.05) is 20.3 Å². The maximum absolute atomic E-state index is 6.14. The largest absolute Gasteiger partial charge is 0.489 e. The lowest BCUT2D eigenvalue weighted by atomic mass is 10.2. The first-order valence-corrected chi connectivity index (χ1v) is 8.21. The lowest BCUT2D eigenvalue weighted by Crippen LogP contribution is -2.25. The normalized spacial score (nSPS) is 10.4. The molecular formula is C17H17Cl2NO2S. The molecule has 0 amide bonds. The Labute approximate surface area is 151 Å². The second kappa shape index (κ2) is 9.08. The van der Waals surface area contributed by atoms with Crippen molar-refractivity contribution in [1.29, 1.82) is 0 Å². The van der Waals surface area contributed by atoms with E-state index in [0.717, 1.165) is 11.1 Å². The number of hydrogen-bond donors (Lipinski definition) is 1. The molecule has 3 nitrogen and oxygen atoms in total. The summed E-state index contributed by atoms with van der Waals surface area (Å²) < 4.78 is 10.8. The molecule has 0 bridgehead atoms. The molecule has 1 N–H and O–H groups in total. The van der Waals surface area contributed by atoms with Crippen LogP contribution in [0.2, 0.25) is 10.0 Å². The van der Waals surface area contributed by atoms with Gasteiger partial charge in [-0.3, -0.25) is 0 Å². The molecule has 0 fully saturated rings. The average molecular weight is 370 g/mol. The second-order valence-corrected chi connectivity index (χ2v) is 5.99. The Balaban J connectivity index is 2.01. The number of benzene rings is 2. The van der Waals surface area contributed by atoms with Gasteiger partial charge >= 0.3 is 0 Å². The summed E-state index contributed by atoms with van der Waals surface area (Å²) in [6, 6.07) is 13.0. The van der Waals surface area contributed by atoms with Crippen molar-refractivity contribution in [3.05, 3.63) is 63.6 Å². The third kappa shape index (κ3) is 5.36. The fourth-order valence-corrected chi connectivity index (χ4v) is 2.66. The summed E-state index contributed by atoms with van der Waals surface area (Å²) in [5.74, 6) is 0.703. The molecule has 2 aromatic rings. The van der Waals surface area contributed by atoms with Crippen LogP contribution in [0.5, 0.6) is 5.75 Å². The van der Waals surface area contributed by atoms with Crippen molar-refractivity contribution >= 4 is 40.4 Å². The summed E-state index contributed by atoms with van der Waals surface area (Å²) in [6.45, 7) is 1.56. The third-order valence-electron chi connectivity index (χ3n) is 3.13. The number of nitrogens with one attached hydrogen (secondary N) is 1. The third-order valence-corrected chi connectivity index (χ3v) is 4.22. The molecule has 0 aliphatic rings. The van der Waals surface area contributed by atoms with E-state index in [0.29, 0.717) is 40.5 Å². The smallest absolute Gasteiger partial charge is 0.120 e. The minimum absolute atomic E-state index is 0.297. The lowest BCUT2D eigenvalue weighted by molar-refractivity contribution is 0.204. The highest BCUT2D eigenvalue weighted by atomic mass is 35.5. The minimum atomic E-state index is 0.297. The molecule has 6 heteroatoms. The second-order valence-electron chi connectivity index (χ2n) is 4.77. The van der Waals surface area contributed by atoms with Gasteiger partial charge in [-0.05, 0) is 24.3 Å². The van der Waals surface area contributed by atoms with Crippen LogP contribution in [0.3, 0.4) is 0 Å². The highest BCUT2D eigenvalue weighted by molar-refractivity contribution is 7.80. The molecule has 0 radical (unpaired) electrons. The molecule has 0 aliphatic carbocycles. The molecular weight excluding hydrogens is 353 g/mol. The van der Waals surface area contributed by atoms with Gasteiger partial charge in [-0.2, -0.15) is 0 Å². The number of hydrogen-bond acceptors (Lipinski definition) is 3. The molecule has 0 saturated carbocycles. The maximum atomic E-state index is 6.14. The Hall–Kier alpha value is -1.33. The van der Waals surface area contributed by atoms with Gasteiger partial charge in [0.2, 0.25) is 0 Å². The van der Waals surface area contributed by atoms with E-state index >= 15 is 0 Å². The van der Waals surface area contributed by atoms with Gasteiger partial charge in [0.1, 0.15) is 17.3 Å². The van der Waals surface area contributed by atoms with Crippen LogP contribution in [0.1, 0.15) is 11.1 Å². The van der Waals surface area contributed by atoms with Crippen LogP contribution < -0.4 is 10.1 Å². The molecule has 0 aliphatic heterocycles. The van der Waals surface area contributed by atoms with Crippen molar-refractivity contribution in [3.8, 4) is 5.75 Å². The minimum Gasteiger partial charge on any atom is -0.489 e. The summed E-state index contributed by atoms with van der Waals surface area (Å²) in [4.78, 5) is 0.656. The summed E-state index contributed by atoms with van der Waals surface area (Å²) >= 11 is 17.6. The van der Waals surface area contributed by atoms with Crippen LogP contribution >= 0.6 is 35.4 Å². The van der Waals surface area contributed by atoms with Gasteiger partial charge in [0.15, 0.2) is 0 Å². The van der Waals surface area contributed by atoms with Gasteiger partial charge in [-0.25, -0.2) is 0 Å². The summed E-state index contributed by atoms with van der Waals surface area (Å²) in [5, 5.41) is 4.30. The van der Waals surface area contributed by atoms with Crippen LogP contribution in [0.15, 0.2) is 42.5 Å². The van der Waals surface area contributed by atoms with Crippen LogP contribution in [0, 0.1) is 0 Å². The van der Waals surface area contributed by atoms with Crippen LogP contribution in [-0.4, -0.2) is 25.2 Å². The fraction of sp³-hybridized carbons (Fsp3) is 0.235. The van der Waals surface area contributed by atoms with Gasteiger partial charge in [0, 0.05) is 34.8 Å². The predicted octanol–water partition coefficient (Wildman–Crippen LogP) is 4.48. The first-order valence-electron chi connectivity index (χ1n) is 7.04. The molecule has 122 valence electrons. The van der Waals surface area contributed by atoms with Gasteiger partial charge in [0.25, 0.3) is 0 Å². The van der Waals surface area contributed by atoms with E-state index in [1.807, 2.05) is 24.3 Å². The SMILES string of the molecule is COCCNC(=S)c1cccc(OCc2c(Cl)cccc2Cl)c1. The number of halogens is 2.